The van der Waals surface area contributed by atoms with Crippen molar-refractivity contribution in [3.63, 3.8) is 0 Å². The Bertz CT molecular complexity index is 482. The summed E-state index contributed by atoms with van der Waals surface area (Å²) in [5.41, 5.74) is 2.11. The number of rotatable bonds is 9. The number of hydrogen-bond acceptors (Lipinski definition) is 5. The zero-order valence-electron chi connectivity index (χ0n) is 11.8. The molecule has 7 heteroatoms. The molecule has 0 aliphatic carbocycles. The number of nitrogens with zero attached hydrogens (tertiary/aromatic N) is 2. The Balaban J connectivity index is 2.40. The number of hydrogen-bond donors (Lipinski definition) is 1. The molecule has 1 aromatic heterocycles. The first kappa shape index (κ1) is 16.1. The normalized spacial score (nSPS) is 11.9. The van der Waals surface area contributed by atoms with Crippen LogP contribution in [0.4, 0.5) is 0 Å². The lowest BCUT2D eigenvalue weighted by Crippen LogP contribution is -2.18. The van der Waals surface area contributed by atoms with Crippen LogP contribution in [0.25, 0.3) is 0 Å². The van der Waals surface area contributed by atoms with Gasteiger partial charge in [-0.2, -0.15) is 5.10 Å². The minimum atomic E-state index is -2.89. The number of aromatic nitrogens is 2. The molecule has 0 fully saturated rings. The van der Waals surface area contributed by atoms with Crippen molar-refractivity contribution in [3.8, 4) is 0 Å². The van der Waals surface area contributed by atoms with Crippen molar-refractivity contribution in [1.29, 1.82) is 0 Å². The second-order valence-corrected chi connectivity index (χ2v) is 6.92. The van der Waals surface area contributed by atoms with Gasteiger partial charge in [-0.1, -0.05) is 0 Å². The SMILES string of the molecule is COCCNCc1cn(CCCS(C)(=O)=O)nc1C. The average Bonchev–Trinajstić information content (AvgIpc) is 2.64. The largest absolute Gasteiger partial charge is 0.383 e. The van der Waals surface area contributed by atoms with E-state index in [4.69, 9.17) is 4.74 Å². The van der Waals surface area contributed by atoms with Crippen LogP contribution in [0.15, 0.2) is 6.20 Å². The molecule has 6 nitrogen and oxygen atoms in total. The zero-order valence-corrected chi connectivity index (χ0v) is 12.7. The minimum Gasteiger partial charge on any atom is -0.383 e. The van der Waals surface area contributed by atoms with Gasteiger partial charge < -0.3 is 10.1 Å². The van der Waals surface area contributed by atoms with Gasteiger partial charge in [0.15, 0.2) is 0 Å². The van der Waals surface area contributed by atoms with E-state index in [0.29, 0.717) is 19.6 Å². The molecule has 0 bridgehead atoms. The molecule has 19 heavy (non-hydrogen) atoms. The molecule has 1 rings (SSSR count). The van der Waals surface area contributed by atoms with Gasteiger partial charge in [0.25, 0.3) is 0 Å². The first-order valence-corrected chi connectivity index (χ1v) is 8.39. The molecule has 0 saturated carbocycles. The molecule has 0 aliphatic heterocycles. The lowest BCUT2D eigenvalue weighted by Gasteiger charge is -2.02. The van der Waals surface area contributed by atoms with Crippen LogP contribution in [0.2, 0.25) is 0 Å². The maximum absolute atomic E-state index is 11.0. The first-order chi connectivity index (χ1) is 8.92. The first-order valence-electron chi connectivity index (χ1n) is 6.32. The number of ether oxygens (including phenoxy) is 1. The van der Waals surface area contributed by atoms with Crippen molar-refractivity contribution in [2.75, 3.05) is 32.3 Å². The molecule has 0 aromatic carbocycles. The van der Waals surface area contributed by atoms with Gasteiger partial charge in [-0.15, -0.1) is 0 Å². The van der Waals surface area contributed by atoms with Crippen molar-refractivity contribution in [2.45, 2.75) is 26.4 Å². The molecule has 110 valence electrons. The van der Waals surface area contributed by atoms with Crippen molar-refractivity contribution in [1.82, 2.24) is 15.1 Å². The smallest absolute Gasteiger partial charge is 0.147 e. The van der Waals surface area contributed by atoms with Crippen LogP contribution in [0.3, 0.4) is 0 Å². The van der Waals surface area contributed by atoms with E-state index in [1.807, 2.05) is 17.8 Å². The maximum Gasteiger partial charge on any atom is 0.147 e. The lowest BCUT2D eigenvalue weighted by atomic mass is 10.2. The van der Waals surface area contributed by atoms with Crippen LogP contribution >= 0.6 is 0 Å². The quantitative estimate of drug-likeness (QED) is 0.665. The molecule has 0 amide bonds. The highest BCUT2D eigenvalue weighted by atomic mass is 32.2. The zero-order chi connectivity index (χ0) is 14.3. The predicted molar refractivity (Wildman–Crippen MR) is 74.9 cm³/mol. The number of methoxy groups -OCH3 is 1. The Morgan fingerprint density at radius 3 is 2.84 bits per heavy atom. The third kappa shape index (κ3) is 6.70. The molecule has 1 heterocycles. The monoisotopic (exact) mass is 289 g/mol. The summed E-state index contributed by atoms with van der Waals surface area (Å²) in [4.78, 5) is 0. The fourth-order valence-electron chi connectivity index (χ4n) is 1.73. The molecular weight excluding hydrogens is 266 g/mol. The molecule has 0 aliphatic rings. The number of sulfone groups is 1. The van der Waals surface area contributed by atoms with Crippen molar-refractivity contribution < 1.29 is 13.2 Å². The Kier molecular flexibility index (Phi) is 6.47. The summed E-state index contributed by atoms with van der Waals surface area (Å²) in [6.45, 7) is 4.82. The van der Waals surface area contributed by atoms with Crippen LogP contribution in [0.5, 0.6) is 0 Å². The van der Waals surface area contributed by atoms with E-state index >= 15 is 0 Å². The maximum atomic E-state index is 11.0. The average molecular weight is 289 g/mol. The van der Waals surface area contributed by atoms with E-state index in [2.05, 4.69) is 10.4 Å². The van der Waals surface area contributed by atoms with Gasteiger partial charge in [0.05, 0.1) is 18.1 Å². The molecule has 0 radical (unpaired) electrons. The van der Waals surface area contributed by atoms with Crippen molar-refractivity contribution in [2.24, 2.45) is 0 Å². The molecular formula is C12H23N3O3S. The van der Waals surface area contributed by atoms with Gasteiger partial charge in [-0.3, -0.25) is 4.68 Å². The fraction of sp³-hybridized carbons (Fsp3) is 0.750. The highest BCUT2D eigenvalue weighted by molar-refractivity contribution is 7.90. The summed E-state index contributed by atoms with van der Waals surface area (Å²) in [7, 11) is -1.21. The van der Waals surface area contributed by atoms with E-state index in [-0.39, 0.29) is 5.75 Å². The summed E-state index contributed by atoms with van der Waals surface area (Å²) in [5.74, 6) is 0.202. The Morgan fingerprint density at radius 1 is 1.47 bits per heavy atom. The van der Waals surface area contributed by atoms with Crippen LogP contribution in [0.1, 0.15) is 17.7 Å². The Labute approximate surface area is 115 Å². The van der Waals surface area contributed by atoms with Crippen LogP contribution in [0, 0.1) is 6.92 Å². The van der Waals surface area contributed by atoms with Crippen molar-refractivity contribution in [3.05, 3.63) is 17.5 Å². The van der Waals surface area contributed by atoms with E-state index in [1.165, 1.54) is 6.26 Å². The Hall–Kier alpha value is -0.920. The van der Waals surface area contributed by atoms with Gasteiger partial charge in [0, 0.05) is 44.8 Å². The molecule has 0 unspecified atom stereocenters. The standard InChI is InChI=1S/C12H23N3O3S/c1-11-12(9-13-5-7-18-2)10-15(14-11)6-4-8-19(3,16)17/h10,13H,4-9H2,1-3H3. The second kappa shape index (κ2) is 7.62. The fourth-order valence-corrected chi connectivity index (χ4v) is 2.39. The van der Waals surface area contributed by atoms with Gasteiger partial charge in [0.2, 0.25) is 0 Å². The minimum absolute atomic E-state index is 0.202. The lowest BCUT2D eigenvalue weighted by molar-refractivity contribution is 0.199. The highest BCUT2D eigenvalue weighted by Crippen LogP contribution is 2.06. The highest BCUT2D eigenvalue weighted by Gasteiger charge is 2.06. The third-order valence-electron chi connectivity index (χ3n) is 2.75. The van der Waals surface area contributed by atoms with Gasteiger partial charge >= 0.3 is 0 Å². The van der Waals surface area contributed by atoms with E-state index in [1.54, 1.807) is 7.11 Å². The van der Waals surface area contributed by atoms with E-state index < -0.39 is 9.84 Å². The van der Waals surface area contributed by atoms with Gasteiger partial charge in [0.1, 0.15) is 9.84 Å². The van der Waals surface area contributed by atoms with Crippen LogP contribution in [-0.4, -0.2) is 50.5 Å². The van der Waals surface area contributed by atoms with Crippen molar-refractivity contribution >= 4 is 9.84 Å². The van der Waals surface area contributed by atoms with Crippen LogP contribution < -0.4 is 5.32 Å². The molecule has 1 N–H and O–H groups in total. The van der Waals surface area contributed by atoms with Gasteiger partial charge in [-0.25, -0.2) is 8.42 Å². The van der Waals surface area contributed by atoms with Crippen LogP contribution in [-0.2, 0) is 27.7 Å². The summed E-state index contributed by atoms with van der Waals surface area (Å²) in [6, 6.07) is 0. The van der Waals surface area contributed by atoms with E-state index in [0.717, 1.165) is 24.3 Å². The molecule has 0 saturated heterocycles. The molecule has 0 spiro atoms. The molecule has 0 atom stereocenters. The van der Waals surface area contributed by atoms with E-state index in [9.17, 15) is 8.42 Å². The number of nitrogens with one attached hydrogen (secondary N) is 1. The second-order valence-electron chi connectivity index (χ2n) is 4.66. The summed E-state index contributed by atoms with van der Waals surface area (Å²) >= 11 is 0. The summed E-state index contributed by atoms with van der Waals surface area (Å²) < 4.78 is 28.9. The van der Waals surface area contributed by atoms with Gasteiger partial charge in [-0.05, 0) is 13.3 Å². The number of aryl methyl sites for hydroxylation is 2. The Morgan fingerprint density at radius 2 is 2.21 bits per heavy atom. The summed E-state index contributed by atoms with van der Waals surface area (Å²) in [5, 5.41) is 7.64. The summed E-state index contributed by atoms with van der Waals surface area (Å²) in [6.07, 6.45) is 3.82. The molecule has 1 aromatic rings. The third-order valence-corrected chi connectivity index (χ3v) is 3.78. The topological polar surface area (TPSA) is 73.2 Å². The predicted octanol–water partition coefficient (Wildman–Crippen LogP) is 0.362.